The lowest BCUT2D eigenvalue weighted by atomic mass is 10.0. The first-order chi connectivity index (χ1) is 17.7. The molecule has 0 aliphatic heterocycles. The van der Waals surface area contributed by atoms with Gasteiger partial charge in [-0.3, -0.25) is 4.79 Å². The third-order valence-electron chi connectivity index (χ3n) is 7.62. The molecule has 7 heteroatoms. The van der Waals surface area contributed by atoms with E-state index in [1.54, 1.807) is 6.07 Å². The molecule has 37 heavy (non-hydrogen) atoms. The highest BCUT2D eigenvalue weighted by Gasteiger charge is 2.34. The number of nitrogens with one attached hydrogen (secondary N) is 1. The lowest BCUT2D eigenvalue weighted by molar-refractivity contribution is -0.136. The molecule has 2 heterocycles. The van der Waals surface area contributed by atoms with Crippen LogP contribution in [0.5, 0.6) is 0 Å². The molecule has 0 aliphatic rings. The maximum absolute atomic E-state index is 13.9. The molecule has 2 aromatic heterocycles. The average molecular weight is 520 g/mol. The van der Waals surface area contributed by atoms with Crippen LogP contribution in [0, 0.1) is 6.92 Å². The Morgan fingerprint density at radius 2 is 1.51 bits per heavy atom. The normalized spacial score (nSPS) is 12.4. The first kappa shape index (κ1) is 29.3. The molecular formula is C30H44F3N3O. The van der Waals surface area contributed by atoms with Gasteiger partial charge >= 0.3 is 6.18 Å². The topological polar surface area (TPSA) is 41.0 Å². The summed E-state index contributed by atoms with van der Waals surface area (Å²) in [6.07, 6.45) is 8.39. The number of alkyl halides is 3. The maximum Gasteiger partial charge on any atom is 0.417 e. The van der Waals surface area contributed by atoms with Crippen molar-refractivity contribution in [3.05, 3.63) is 45.4 Å². The zero-order valence-corrected chi connectivity index (χ0v) is 23.1. The zero-order chi connectivity index (χ0) is 27.0. The summed E-state index contributed by atoms with van der Waals surface area (Å²) in [4.78, 5) is 16.9. The molecule has 0 aliphatic carbocycles. The minimum atomic E-state index is -4.59. The molecule has 0 fully saturated rings. The number of nitrogens with zero attached hydrogens (tertiary/aromatic N) is 2. The fourth-order valence-corrected chi connectivity index (χ4v) is 5.63. The van der Waals surface area contributed by atoms with Crippen molar-refractivity contribution < 1.29 is 13.2 Å². The van der Waals surface area contributed by atoms with E-state index in [-0.39, 0.29) is 10.9 Å². The summed E-state index contributed by atoms with van der Waals surface area (Å²) in [6.45, 7) is 9.38. The number of pyridine rings is 1. The Bertz CT molecular complexity index is 1210. The number of H-pyrrole nitrogens is 1. The predicted molar refractivity (Wildman–Crippen MR) is 149 cm³/mol. The Hall–Kier alpha value is -2.28. The van der Waals surface area contributed by atoms with Gasteiger partial charge < -0.3 is 14.5 Å². The molecule has 0 bridgehead atoms. The van der Waals surface area contributed by atoms with Crippen LogP contribution in [0.3, 0.4) is 0 Å². The zero-order valence-electron chi connectivity index (χ0n) is 23.1. The van der Waals surface area contributed by atoms with E-state index in [1.165, 1.54) is 64.5 Å². The van der Waals surface area contributed by atoms with Gasteiger partial charge in [-0.2, -0.15) is 13.2 Å². The molecule has 1 aromatic carbocycles. The summed E-state index contributed by atoms with van der Waals surface area (Å²) < 4.78 is 43.9. The number of aryl methyl sites for hydroxylation is 2. The van der Waals surface area contributed by atoms with Crippen LogP contribution in [0.2, 0.25) is 0 Å². The quantitative estimate of drug-likeness (QED) is 0.206. The van der Waals surface area contributed by atoms with Gasteiger partial charge in [0.1, 0.15) is 0 Å². The number of hydrogen-bond donors (Lipinski definition) is 1. The molecule has 0 saturated heterocycles. The van der Waals surface area contributed by atoms with Crippen LogP contribution in [-0.2, 0) is 19.1 Å². The van der Waals surface area contributed by atoms with Gasteiger partial charge in [0.15, 0.2) is 0 Å². The monoisotopic (exact) mass is 519 g/mol. The van der Waals surface area contributed by atoms with Crippen molar-refractivity contribution in [2.24, 2.45) is 0 Å². The number of hydrogen-bond acceptors (Lipinski definition) is 2. The van der Waals surface area contributed by atoms with E-state index in [9.17, 15) is 18.0 Å². The standard InChI is InChI=1S/C30H44F3N3O/c1-5-7-18-35(4)19-14-12-10-8-9-11-13-15-20-36-25(6-2)22(3)28-26(36)17-16-24-29(28)23(30(31,32)33)21-27(37)34-24/h16-17,21H,5-15,18-20H2,1-4H3,(H,34,37). The summed E-state index contributed by atoms with van der Waals surface area (Å²) in [6, 6.07) is 4.17. The van der Waals surface area contributed by atoms with Crippen molar-refractivity contribution in [2.45, 2.75) is 104 Å². The first-order valence-corrected chi connectivity index (χ1v) is 14.1. The van der Waals surface area contributed by atoms with E-state index in [4.69, 9.17) is 0 Å². The van der Waals surface area contributed by atoms with Gasteiger partial charge in [-0.1, -0.05) is 58.8 Å². The van der Waals surface area contributed by atoms with Gasteiger partial charge in [-0.05, 0) is 70.4 Å². The predicted octanol–water partition coefficient (Wildman–Crippen LogP) is 8.23. The van der Waals surface area contributed by atoms with E-state index < -0.39 is 17.3 Å². The molecule has 0 radical (unpaired) electrons. The second-order valence-electron chi connectivity index (χ2n) is 10.5. The number of fused-ring (bicyclic) bond motifs is 3. The second-order valence-corrected chi connectivity index (χ2v) is 10.5. The highest BCUT2D eigenvalue weighted by Crippen LogP contribution is 2.39. The van der Waals surface area contributed by atoms with E-state index in [0.29, 0.717) is 11.5 Å². The van der Waals surface area contributed by atoms with Crippen LogP contribution < -0.4 is 5.56 Å². The van der Waals surface area contributed by atoms with E-state index in [0.717, 1.165) is 42.6 Å². The lowest BCUT2D eigenvalue weighted by Gasteiger charge is -2.15. The Kier molecular flexibility index (Phi) is 10.7. The fourth-order valence-electron chi connectivity index (χ4n) is 5.63. The summed E-state index contributed by atoms with van der Waals surface area (Å²) >= 11 is 0. The molecule has 206 valence electrons. The lowest BCUT2D eigenvalue weighted by Crippen LogP contribution is -2.20. The average Bonchev–Trinajstić information content (AvgIpc) is 3.13. The van der Waals surface area contributed by atoms with Gasteiger partial charge in [0.05, 0.1) is 5.56 Å². The first-order valence-electron chi connectivity index (χ1n) is 14.1. The Morgan fingerprint density at radius 3 is 2.14 bits per heavy atom. The molecule has 0 spiro atoms. The number of rotatable bonds is 15. The molecule has 4 nitrogen and oxygen atoms in total. The summed E-state index contributed by atoms with van der Waals surface area (Å²) in [5, 5.41) is 0.713. The number of unbranched alkanes of at least 4 members (excludes halogenated alkanes) is 8. The second kappa shape index (κ2) is 13.5. The molecule has 0 amide bonds. The number of aromatic amines is 1. The van der Waals surface area contributed by atoms with Crippen molar-refractivity contribution in [3.63, 3.8) is 0 Å². The van der Waals surface area contributed by atoms with Gasteiger partial charge in [-0.25, -0.2) is 0 Å². The Morgan fingerprint density at radius 1 is 0.892 bits per heavy atom. The SMILES string of the molecule is CCCCN(C)CCCCCCCCCCn1c(CC)c(C)c2c3c(C(F)(F)F)cc(=O)[nH]c3ccc21. The third-order valence-corrected chi connectivity index (χ3v) is 7.62. The highest BCUT2D eigenvalue weighted by molar-refractivity contribution is 6.09. The molecule has 1 N–H and O–H groups in total. The molecular weight excluding hydrogens is 475 g/mol. The van der Waals surface area contributed by atoms with Crippen LogP contribution in [0.1, 0.15) is 94.9 Å². The maximum atomic E-state index is 13.9. The summed E-state index contributed by atoms with van der Waals surface area (Å²) in [5.74, 6) is 0. The Labute approximate surface area is 219 Å². The van der Waals surface area contributed by atoms with E-state index in [2.05, 4.69) is 28.4 Å². The molecule has 0 unspecified atom stereocenters. The number of aromatic nitrogens is 2. The van der Waals surface area contributed by atoms with Crippen molar-refractivity contribution in [3.8, 4) is 0 Å². The fraction of sp³-hybridized carbons (Fsp3) is 0.633. The molecule has 0 saturated carbocycles. The minimum Gasteiger partial charge on any atom is -0.344 e. The third kappa shape index (κ3) is 7.40. The van der Waals surface area contributed by atoms with Crippen molar-refractivity contribution in [2.75, 3.05) is 20.1 Å². The van der Waals surface area contributed by atoms with Crippen LogP contribution in [0.25, 0.3) is 21.8 Å². The van der Waals surface area contributed by atoms with Crippen LogP contribution in [0.15, 0.2) is 23.0 Å². The van der Waals surface area contributed by atoms with Gasteiger partial charge in [0, 0.05) is 40.1 Å². The van der Waals surface area contributed by atoms with E-state index >= 15 is 0 Å². The molecule has 0 atom stereocenters. The van der Waals surface area contributed by atoms with Gasteiger partial charge in [-0.15, -0.1) is 0 Å². The summed E-state index contributed by atoms with van der Waals surface area (Å²) in [5.41, 5.74) is 1.43. The largest absolute Gasteiger partial charge is 0.417 e. The van der Waals surface area contributed by atoms with Crippen molar-refractivity contribution in [1.29, 1.82) is 0 Å². The minimum absolute atomic E-state index is 0.104. The Balaban J connectivity index is 1.59. The van der Waals surface area contributed by atoms with Crippen LogP contribution >= 0.6 is 0 Å². The number of halogens is 3. The molecule has 3 aromatic rings. The number of benzene rings is 1. The molecule has 3 rings (SSSR count). The van der Waals surface area contributed by atoms with Crippen LogP contribution in [-0.4, -0.2) is 34.6 Å². The van der Waals surface area contributed by atoms with Crippen molar-refractivity contribution >= 4 is 21.8 Å². The van der Waals surface area contributed by atoms with Gasteiger partial charge in [0.2, 0.25) is 5.56 Å². The van der Waals surface area contributed by atoms with Crippen LogP contribution in [0.4, 0.5) is 13.2 Å². The smallest absolute Gasteiger partial charge is 0.344 e. The highest BCUT2D eigenvalue weighted by atomic mass is 19.4. The summed E-state index contributed by atoms with van der Waals surface area (Å²) in [7, 11) is 2.22. The van der Waals surface area contributed by atoms with Crippen molar-refractivity contribution in [1.82, 2.24) is 14.5 Å². The van der Waals surface area contributed by atoms with Gasteiger partial charge in [0.25, 0.3) is 0 Å². The van der Waals surface area contributed by atoms with E-state index in [1.807, 2.05) is 19.9 Å².